The minimum atomic E-state index is -1.19. The van der Waals surface area contributed by atoms with E-state index >= 15 is 0 Å². The molecule has 0 radical (unpaired) electrons. The third-order valence-corrected chi connectivity index (χ3v) is 7.74. The van der Waals surface area contributed by atoms with Crippen LogP contribution in [0, 0.1) is 0 Å². The molecule has 2 aromatic rings. The van der Waals surface area contributed by atoms with Crippen molar-refractivity contribution in [2.75, 3.05) is 45.9 Å². The van der Waals surface area contributed by atoms with Gasteiger partial charge in [0, 0.05) is 50.6 Å². The topological polar surface area (TPSA) is 196 Å². The Hall–Kier alpha value is -4.95. The summed E-state index contributed by atoms with van der Waals surface area (Å²) in [4.78, 5) is 83.4. The van der Waals surface area contributed by atoms with Gasteiger partial charge in [-0.15, -0.1) is 0 Å². The monoisotopic (exact) mass is 627 g/mol. The molecule has 242 valence electrons. The van der Waals surface area contributed by atoms with Gasteiger partial charge in [-0.3, -0.25) is 19.2 Å². The SMILES string of the molecule is CCOC(=O)N1CCN(C(=O)[C@H](CCC(=O)O)NC(=O)c2cc(OCC(=O)N3CCCC[C@@H]3C(=O)O)c3ccccc3n2)CC1. The maximum atomic E-state index is 13.4. The third-order valence-electron chi connectivity index (χ3n) is 7.74. The highest BCUT2D eigenvalue weighted by Gasteiger charge is 2.33. The lowest BCUT2D eigenvalue weighted by molar-refractivity contribution is -0.152. The Morgan fingerprint density at radius 2 is 1.71 bits per heavy atom. The molecule has 0 unspecified atom stereocenters. The van der Waals surface area contributed by atoms with Gasteiger partial charge in [0.25, 0.3) is 11.8 Å². The number of amides is 4. The zero-order chi connectivity index (χ0) is 32.5. The number of aromatic nitrogens is 1. The molecule has 4 amide bonds. The fourth-order valence-electron chi connectivity index (χ4n) is 5.39. The second kappa shape index (κ2) is 15.2. The number of piperazine rings is 1. The van der Waals surface area contributed by atoms with Crippen molar-refractivity contribution in [2.45, 2.75) is 51.1 Å². The van der Waals surface area contributed by atoms with Crippen LogP contribution >= 0.6 is 0 Å². The van der Waals surface area contributed by atoms with Crippen molar-refractivity contribution in [3.05, 3.63) is 36.0 Å². The Morgan fingerprint density at radius 3 is 2.40 bits per heavy atom. The van der Waals surface area contributed by atoms with Crippen LogP contribution in [0.3, 0.4) is 0 Å². The summed E-state index contributed by atoms with van der Waals surface area (Å²) in [6.45, 7) is 2.55. The van der Waals surface area contributed by atoms with E-state index in [9.17, 15) is 39.0 Å². The van der Waals surface area contributed by atoms with E-state index in [0.29, 0.717) is 36.7 Å². The highest BCUT2D eigenvalue weighted by molar-refractivity contribution is 5.99. The lowest BCUT2D eigenvalue weighted by atomic mass is 10.0. The van der Waals surface area contributed by atoms with Crippen LogP contribution in [-0.2, 0) is 23.9 Å². The lowest BCUT2D eigenvalue weighted by Crippen LogP contribution is -2.56. The fraction of sp³-hybridized carbons (Fsp3) is 0.500. The van der Waals surface area contributed by atoms with Crippen molar-refractivity contribution in [2.24, 2.45) is 0 Å². The summed E-state index contributed by atoms with van der Waals surface area (Å²) in [5.74, 6) is -3.82. The standard InChI is InChI=1S/C30H37N5O10/c1-2-44-30(43)34-15-13-33(14-16-34)28(40)21(10-11-26(37)38)32-27(39)22-17-24(19-7-3-4-8-20(19)31-22)45-18-25(36)35-12-6-5-9-23(35)29(41)42/h3-4,7-8,17,21,23H,2,5-6,9-16,18H2,1H3,(H,32,39)(H,37,38)(H,41,42)/t21-,23+/m0/s1. The van der Waals surface area contributed by atoms with Crippen molar-refractivity contribution >= 4 is 46.7 Å². The molecule has 0 saturated carbocycles. The maximum absolute atomic E-state index is 13.4. The minimum Gasteiger partial charge on any atom is -0.483 e. The molecule has 3 heterocycles. The Morgan fingerprint density at radius 1 is 1.00 bits per heavy atom. The third kappa shape index (κ3) is 8.37. The van der Waals surface area contributed by atoms with E-state index in [-0.39, 0.29) is 57.1 Å². The number of para-hydroxylation sites is 1. The van der Waals surface area contributed by atoms with Crippen LogP contribution in [0.2, 0.25) is 0 Å². The average molecular weight is 628 g/mol. The number of hydrogen-bond donors (Lipinski definition) is 3. The number of likely N-dealkylation sites (tertiary alicyclic amines) is 1. The van der Waals surface area contributed by atoms with E-state index in [1.807, 2.05) is 0 Å². The number of carboxylic acids is 2. The van der Waals surface area contributed by atoms with Gasteiger partial charge in [0.05, 0.1) is 12.1 Å². The summed E-state index contributed by atoms with van der Waals surface area (Å²) >= 11 is 0. The number of ether oxygens (including phenoxy) is 2. The zero-order valence-corrected chi connectivity index (χ0v) is 25.0. The number of pyridine rings is 1. The Bertz CT molecular complexity index is 1440. The van der Waals surface area contributed by atoms with Gasteiger partial charge in [-0.2, -0.15) is 0 Å². The summed E-state index contributed by atoms with van der Waals surface area (Å²) in [5.41, 5.74) is 0.246. The molecule has 2 aliphatic heterocycles. The molecule has 15 heteroatoms. The number of benzene rings is 1. The molecular formula is C30H37N5O10. The number of carboxylic acid groups (broad SMARTS) is 2. The molecule has 0 spiro atoms. The van der Waals surface area contributed by atoms with Crippen molar-refractivity contribution in [1.82, 2.24) is 25.0 Å². The van der Waals surface area contributed by atoms with Gasteiger partial charge in [-0.1, -0.05) is 12.1 Å². The second-order valence-electron chi connectivity index (χ2n) is 10.7. The number of piperidine rings is 1. The molecule has 1 aromatic heterocycles. The maximum Gasteiger partial charge on any atom is 0.409 e. The van der Waals surface area contributed by atoms with Crippen LogP contribution in [-0.4, -0.2) is 124 Å². The van der Waals surface area contributed by atoms with Crippen LogP contribution in [0.15, 0.2) is 30.3 Å². The Kier molecular flexibility index (Phi) is 11.1. The van der Waals surface area contributed by atoms with E-state index in [2.05, 4.69) is 10.3 Å². The number of carbonyl (C=O) groups is 6. The highest BCUT2D eigenvalue weighted by Crippen LogP contribution is 2.26. The number of aliphatic carboxylic acids is 2. The number of nitrogens with one attached hydrogen (secondary N) is 1. The first-order valence-corrected chi connectivity index (χ1v) is 14.9. The van der Waals surface area contributed by atoms with Crippen molar-refractivity contribution in [3.63, 3.8) is 0 Å². The molecule has 15 nitrogen and oxygen atoms in total. The van der Waals surface area contributed by atoms with Gasteiger partial charge in [0.2, 0.25) is 5.91 Å². The van der Waals surface area contributed by atoms with Gasteiger partial charge in [0.15, 0.2) is 6.61 Å². The molecule has 4 rings (SSSR count). The first kappa shape index (κ1) is 33.0. The summed E-state index contributed by atoms with van der Waals surface area (Å²) in [6, 6.07) is 5.97. The molecule has 3 N–H and O–H groups in total. The van der Waals surface area contributed by atoms with Gasteiger partial charge >= 0.3 is 18.0 Å². The number of rotatable bonds is 11. The predicted octanol–water partition coefficient (Wildman–Crippen LogP) is 1.34. The van der Waals surface area contributed by atoms with Crippen molar-refractivity contribution in [1.29, 1.82) is 0 Å². The molecule has 2 fully saturated rings. The number of hydrogen-bond acceptors (Lipinski definition) is 9. The van der Waals surface area contributed by atoms with Gasteiger partial charge in [-0.05, 0) is 44.7 Å². The van der Waals surface area contributed by atoms with Gasteiger partial charge in [-0.25, -0.2) is 14.6 Å². The zero-order valence-electron chi connectivity index (χ0n) is 25.0. The van der Waals surface area contributed by atoms with E-state index < -0.39 is 54.4 Å². The second-order valence-corrected chi connectivity index (χ2v) is 10.7. The van der Waals surface area contributed by atoms with Crippen LogP contribution in [0.25, 0.3) is 10.9 Å². The summed E-state index contributed by atoms with van der Waals surface area (Å²) < 4.78 is 10.8. The number of nitrogens with zero attached hydrogens (tertiary/aromatic N) is 4. The van der Waals surface area contributed by atoms with Gasteiger partial charge in [0.1, 0.15) is 23.5 Å². The van der Waals surface area contributed by atoms with E-state index in [0.717, 1.165) is 0 Å². The molecule has 2 atom stereocenters. The first-order valence-electron chi connectivity index (χ1n) is 14.9. The van der Waals surface area contributed by atoms with E-state index in [4.69, 9.17) is 9.47 Å². The molecule has 1 aromatic carbocycles. The smallest absolute Gasteiger partial charge is 0.409 e. The van der Waals surface area contributed by atoms with E-state index in [1.165, 1.54) is 20.8 Å². The highest BCUT2D eigenvalue weighted by atomic mass is 16.6. The molecule has 2 saturated heterocycles. The Labute approximate surface area is 259 Å². The summed E-state index contributed by atoms with van der Waals surface area (Å²) in [5, 5.41) is 21.9. The lowest BCUT2D eigenvalue weighted by Gasteiger charge is -2.35. The largest absolute Gasteiger partial charge is 0.483 e. The van der Waals surface area contributed by atoms with E-state index in [1.54, 1.807) is 31.2 Å². The van der Waals surface area contributed by atoms with Crippen LogP contribution in [0.1, 0.15) is 49.5 Å². The average Bonchev–Trinajstić information content (AvgIpc) is 3.04. The first-order chi connectivity index (χ1) is 21.6. The van der Waals surface area contributed by atoms with Crippen molar-refractivity contribution in [3.8, 4) is 5.75 Å². The van der Waals surface area contributed by atoms with Crippen LogP contribution < -0.4 is 10.1 Å². The minimum absolute atomic E-state index is 0.127. The molecular weight excluding hydrogens is 590 g/mol. The molecule has 0 bridgehead atoms. The van der Waals surface area contributed by atoms with Crippen LogP contribution in [0.4, 0.5) is 4.79 Å². The molecule has 45 heavy (non-hydrogen) atoms. The number of carbonyl (C=O) groups excluding carboxylic acids is 4. The molecule has 2 aliphatic rings. The fourth-order valence-corrected chi connectivity index (χ4v) is 5.39. The van der Waals surface area contributed by atoms with Gasteiger partial charge < -0.3 is 39.7 Å². The number of fused-ring (bicyclic) bond motifs is 1. The normalized spacial score (nSPS) is 17.4. The Balaban J connectivity index is 1.50. The molecule has 0 aliphatic carbocycles. The predicted molar refractivity (Wildman–Crippen MR) is 158 cm³/mol. The summed E-state index contributed by atoms with van der Waals surface area (Å²) in [7, 11) is 0. The summed E-state index contributed by atoms with van der Waals surface area (Å²) in [6.07, 6.45) is 0.696. The van der Waals surface area contributed by atoms with Crippen molar-refractivity contribution < 1.29 is 48.5 Å². The van der Waals surface area contributed by atoms with Crippen LogP contribution in [0.5, 0.6) is 5.75 Å². The quantitative estimate of drug-likeness (QED) is 0.325.